The molecule has 0 aliphatic heterocycles. The Hall–Kier alpha value is -3.06. The quantitative estimate of drug-likeness (QED) is 0.396. The molecule has 1 amide bonds. The minimum Gasteiger partial charge on any atom is -0.451 e. The molecule has 0 atom stereocenters. The maximum atomic E-state index is 12.1. The van der Waals surface area contributed by atoms with E-state index in [1.54, 1.807) is 42.5 Å². The molecular weight excluding hydrogens is 346 g/mol. The lowest BCUT2D eigenvalue weighted by molar-refractivity contribution is -0.384. The van der Waals surface area contributed by atoms with Crippen molar-refractivity contribution in [3.63, 3.8) is 0 Å². The van der Waals surface area contributed by atoms with E-state index in [4.69, 9.17) is 16.0 Å². The molecule has 1 heterocycles. The molecule has 25 heavy (non-hydrogen) atoms. The first kappa shape index (κ1) is 16.8. The average Bonchev–Trinajstić information content (AvgIpc) is 3.02. The summed E-state index contributed by atoms with van der Waals surface area (Å²) < 4.78 is 5.47. The summed E-state index contributed by atoms with van der Waals surface area (Å²) in [7, 11) is 0. The van der Waals surface area contributed by atoms with Gasteiger partial charge in [-0.1, -0.05) is 23.7 Å². The van der Waals surface area contributed by atoms with E-state index in [2.05, 4.69) is 10.6 Å². The molecule has 2 N–H and O–H groups in total. The summed E-state index contributed by atoms with van der Waals surface area (Å²) in [5.74, 6) is -0.181. The predicted molar refractivity (Wildman–Crippen MR) is 95.1 cm³/mol. The van der Waals surface area contributed by atoms with Gasteiger partial charge in [0.15, 0.2) is 5.76 Å². The van der Waals surface area contributed by atoms with E-state index < -0.39 is 4.92 Å². The number of carbonyl (C=O) groups is 1. The summed E-state index contributed by atoms with van der Waals surface area (Å²) in [6.07, 6.45) is 0. The molecule has 0 aliphatic rings. The Balaban J connectivity index is 1.56. The molecule has 3 aromatic rings. The Morgan fingerprint density at radius 2 is 1.96 bits per heavy atom. The van der Waals surface area contributed by atoms with E-state index in [1.165, 1.54) is 6.07 Å². The number of hydrogen-bond acceptors (Lipinski definition) is 5. The molecule has 7 nitrogen and oxygen atoms in total. The van der Waals surface area contributed by atoms with Gasteiger partial charge in [-0.3, -0.25) is 14.9 Å². The van der Waals surface area contributed by atoms with Crippen LogP contribution in [0, 0.1) is 10.1 Å². The van der Waals surface area contributed by atoms with Gasteiger partial charge in [-0.2, -0.15) is 0 Å². The summed E-state index contributed by atoms with van der Waals surface area (Å²) in [4.78, 5) is 22.6. The largest absolute Gasteiger partial charge is 0.451 e. The SMILES string of the molecule is O=C(NCCNc1ccccc1[N+](=O)[O-])c1cc2cc(Cl)ccc2o1. The van der Waals surface area contributed by atoms with Crippen LogP contribution in [0.2, 0.25) is 5.02 Å². The predicted octanol–water partition coefficient (Wildman–Crippen LogP) is 3.84. The highest BCUT2D eigenvalue weighted by Crippen LogP contribution is 2.23. The third-order valence-electron chi connectivity index (χ3n) is 3.53. The fraction of sp³-hybridized carbons (Fsp3) is 0.118. The van der Waals surface area contributed by atoms with E-state index >= 15 is 0 Å². The molecule has 0 spiro atoms. The second-order valence-electron chi connectivity index (χ2n) is 5.25. The second kappa shape index (κ2) is 7.23. The highest BCUT2D eigenvalue weighted by molar-refractivity contribution is 6.31. The summed E-state index contributed by atoms with van der Waals surface area (Å²) >= 11 is 5.90. The molecule has 8 heteroatoms. The number of halogens is 1. The van der Waals surface area contributed by atoms with E-state index in [9.17, 15) is 14.9 Å². The number of nitro benzene ring substituents is 1. The van der Waals surface area contributed by atoms with Crippen LogP contribution in [0.4, 0.5) is 11.4 Å². The number of hydrogen-bond donors (Lipinski definition) is 2. The molecule has 128 valence electrons. The van der Waals surface area contributed by atoms with Crippen LogP contribution in [0.15, 0.2) is 52.9 Å². The van der Waals surface area contributed by atoms with Gasteiger partial charge in [0.2, 0.25) is 0 Å². The number of carbonyl (C=O) groups excluding carboxylic acids is 1. The minimum atomic E-state index is -0.458. The maximum absolute atomic E-state index is 12.1. The molecule has 0 saturated carbocycles. The number of benzene rings is 2. The number of nitrogens with one attached hydrogen (secondary N) is 2. The van der Waals surface area contributed by atoms with Crippen LogP contribution in [0.1, 0.15) is 10.6 Å². The summed E-state index contributed by atoms with van der Waals surface area (Å²) in [5.41, 5.74) is 0.968. The normalized spacial score (nSPS) is 10.6. The van der Waals surface area contributed by atoms with Gasteiger partial charge < -0.3 is 15.1 Å². The van der Waals surface area contributed by atoms with Crippen molar-refractivity contribution in [2.75, 3.05) is 18.4 Å². The van der Waals surface area contributed by atoms with Gasteiger partial charge in [-0.25, -0.2) is 0 Å². The summed E-state index contributed by atoms with van der Waals surface area (Å²) in [6.45, 7) is 0.616. The van der Waals surface area contributed by atoms with E-state index in [-0.39, 0.29) is 23.9 Å². The zero-order valence-corrected chi connectivity index (χ0v) is 13.7. The van der Waals surface area contributed by atoms with Crippen LogP contribution in [-0.2, 0) is 0 Å². The lowest BCUT2D eigenvalue weighted by Crippen LogP contribution is -2.28. The van der Waals surface area contributed by atoms with Crippen molar-refractivity contribution in [3.8, 4) is 0 Å². The average molecular weight is 360 g/mol. The van der Waals surface area contributed by atoms with Gasteiger partial charge in [-0.15, -0.1) is 0 Å². The van der Waals surface area contributed by atoms with Crippen molar-refractivity contribution in [2.24, 2.45) is 0 Å². The number of anilines is 1. The standard InChI is InChI=1S/C17H14ClN3O4/c18-12-5-6-15-11(9-12)10-16(25-15)17(22)20-8-7-19-13-3-1-2-4-14(13)21(23)24/h1-6,9-10,19H,7-8H2,(H,20,22). The first-order valence-electron chi connectivity index (χ1n) is 7.49. The molecule has 0 bridgehead atoms. The molecule has 0 saturated heterocycles. The smallest absolute Gasteiger partial charge is 0.292 e. The molecular formula is C17H14ClN3O4. The Bertz CT molecular complexity index is 939. The maximum Gasteiger partial charge on any atom is 0.292 e. The van der Waals surface area contributed by atoms with Crippen molar-refractivity contribution >= 4 is 39.9 Å². The van der Waals surface area contributed by atoms with Crippen molar-refractivity contribution < 1.29 is 14.1 Å². The number of para-hydroxylation sites is 2. The van der Waals surface area contributed by atoms with Crippen molar-refractivity contribution in [3.05, 3.63) is 69.4 Å². The third-order valence-corrected chi connectivity index (χ3v) is 3.76. The van der Waals surface area contributed by atoms with Crippen LogP contribution < -0.4 is 10.6 Å². The zero-order chi connectivity index (χ0) is 17.8. The van der Waals surface area contributed by atoms with Crippen LogP contribution in [0.3, 0.4) is 0 Å². The topological polar surface area (TPSA) is 97.4 Å². The van der Waals surface area contributed by atoms with E-state index in [1.807, 2.05) is 0 Å². The lowest BCUT2D eigenvalue weighted by atomic mass is 10.2. The van der Waals surface area contributed by atoms with Crippen molar-refractivity contribution in [2.45, 2.75) is 0 Å². The molecule has 1 aromatic heterocycles. The van der Waals surface area contributed by atoms with Gasteiger partial charge in [0.25, 0.3) is 11.6 Å². The lowest BCUT2D eigenvalue weighted by Gasteiger charge is -2.07. The third kappa shape index (κ3) is 3.89. The molecule has 0 aliphatic carbocycles. The highest BCUT2D eigenvalue weighted by Gasteiger charge is 2.13. The number of amides is 1. The van der Waals surface area contributed by atoms with E-state index in [0.717, 1.165) is 5.39 Å². The minimum absolute atomic E-state index is 0.0111. The van der Waals surface area contributed by atoms with Crippen LogP contribution in [0.25, 0.3) is 11.0 Å². The van der Waals surface area contributed by atoms with E-state index in [0.29, 0.717) is 22.8 Å². The van der Waals surface area contributed by atoms with Gasteiger partial charge in [-0.05, 0) is 30.3 Å². The summed E-state index contributed by atoms with van der Waals surface area (Å²) in [5, 5.41) is 17.9. The van der Waals surface area contributed by atoms with Crippen LogP contribution in [-0.4, -0.2) is 23.9 Å². The Labute approximate surface area is 147 Å². The van der Waals surface area contributed by atoms with Gasteiger partial charge >= 0.3 is 0 Å². The first-order chi connectivity index (χ1) is 12.0. The second-order valence-corrected chi connectivity index (χ2v) is 5.69. The molecule has 0 unspecified atom stereocenters. The molecule has 2 aromatic carbocycles. The Kier molecular flexibility index (Phi) is 4.85. The van der Waals surface area contributed by atoms with Crippen LogP contribution in [0.5, 0.6) is 0 Å². The Morgan fingerprint density at radius 3 is 2.76 bits per heavy atom. The van der Waals surface area contributed by atoms with Gasteiger partial charge in [0.05, 0.1) is 4.92 Å². The number of fused-ring (bicyclic) bond motifs is 1. The number of furan rings is 1. The monoisotopic (exact) mass is 359 g/mol. The van der Waals surface area contributed by atoms with Crippen molar-refractivity contribution in [1.82, 2.24) is 5.32 Å². The van der Waals surface area contributed by atoms with Gasteiger partial charge in [0, 0.05) is 29.6 Å². The summed E-state index contributed by atoms with van der Waals surface area (Å²) in [6, 6.07) is 13.0. The molecule has 0 fully saturated rings. The first-order valence-corrected chi connectivity index (χ1v) is 7.87. The zero-order valence-electron chi connectivity index (χ0n) is 13.0. The molecule has 3 rings (SSSR count). The highest BCUT2D eigenvalue weighted by atomic mass is 35.5. The number of nitro groups is 1. The van der Waals surface area contributed by atoms with Crippen LogP contribution >= 0.6 is 11.6 Å². The fourth-order valence-corrected chi connectivity index (χ4v) is 2.55. The Morgan fingerprint density at radius 1 is 1.16 bits per heavy atom. The number of rotatable bonds is 6. The van der Waals surface area contributed by atoms with Gasteiger partial charge in [0.1, 0.15) is 11.3 Å². The fourth-order valence-electron chi connectivity index (χ4n) is 2.37. The molecule has 0 radical (unpaired) electrons. The van der Waals surface area contributed by atoms with Crippen molar-refractivity contribution in [1.29, 1.82) is 0 Å². The number of nitrogens with zero attached hydrogens (tertiary/aromatic N) is 1.